The third-order valence-corrected chi connectivity index (χ3v) is 2.92. The molecule has 0 bridgehead atoms. The molecule has 1 rings (SSSR count). The molecule has 2 heteroatoms. The second kappa shape index (κ2) is 5.26. The molecule has 0 aliphatic rings. The van der Waals surface area contributed by atoms with Crippen LogP contribution in [-0.4, -0.2) is 17.1 Å². The third-order valence-electron chi connectivity index (χ3n) is 2.92. The van der Waals surface area contributed by atoms with Gasteiger partial charge in [0, 0.05) is 24.5 Å². The highest BCUT2D eigenvalue weighted by Crippen LogP contribution is 2.21. The van der Waals surface area contributed by atoms with Crippen LogP contribution < -0.4 is 5.32 Å². The second-order valence-electron chi connectivity index (χ2n) is 4.63. The number of nitrogens with one attached hydrogen (secondary N) is 1. The minimum Gasteiger partial charge on any atom is -0.311 e. The first-order valence-corrected chi connectivity index (χ1v) is 5.69. The molecule has 1 heterocycles. The van der Waals surface area contributed by atoms with Crippen molar-refractivity contribution in [2.75, 3.05) is 0 Å². The average molecular weight is 206 g/mol. The van der Waals surface area contributed by atoms with Gasteiger partial charge in [0.25, 0.3) is 0 Å². The van der Waals surface area contributed by atoms with E-state index >= 15 is 0 Å². The summed E-state index contributed by atoms with van der Waals surface area (Å²) in [5.41, 5.74) is 2.67. The van der Waals surface area contributed by atoms with Gasteiger partial charge in [0.15, 0.2) is 0 Å². The molecule has 0 saturated carbocycles. The van der Waals surface area contributed by atoms with Crippen LogP contribution in [0.25, 0.3) is 0 Å². The van der Waals surface area contributed by atoms with Crippen molar-refractivity contribution in [1.82, 2.24) is 10.3 Å². The summed E-state index contributed by atoms with van der Waals surface area (Å²) in [6, 6.07) is 3.08. The Balaban J connectivity index is 2.76. The maximum absolute atomic E-state index is 4.20. The normalized spacial score (nSPS) is 15.3. The maximum Gasteiger partial charge on any atom is 0.0305 e. The van der Waals surface area contributed by atoms with E-state index in [1.54, 1.807) is 0 Å². The van der Waals surface area contributed by atoms with Gasteiger partial charge in [-0.3, -0.25) is 4.98 Å². The zero-order valence-corrected chi connectivity index (χ0v) is 10.4. The molecule has 2 nitrogen and oxygen atoms in total. The topological polar surface area (TPSA) is 24.9 Å². The van der Waals surface area contributed by atoms with Crippen molar-refractivity contribution in [2.24, 2.45) is 0 Å². The minimum absolute atomic E-state index is 0.480. The number of hydrogen-bond acceptors (Lipinski definition) is 2. The molecule has 1 N–H and O–H groups in total. The van der Waals surface area contributed by atoms with E-state index in [1.165, 1.54) is 11.1 Å². The molecular formula is C13H22N2. The Labute approximate surface area is 93.1 Å². The summed E-state index contributed by atoms with van der Waals surface area (Å²) >= 11 is 0. The van der Waals surface area contributed by atoms with E-state index in [0.717, 1.165) is 0 Å². The Morgan fingerprint density at radius 1 is 1.20 bits per heavy atom. The van der Waals surface area contributed by atoms with E-state index in [0.29, 0.717) is 18.0 Å². The first-order valence-electron chi connectivity index (χ1n) is 5.69. The lowest BCUT2D eigenvalue weighted by Gasteiger charge is -2.24. The highest BCUT2D eigenvalue weighted by Gasteiger charge is 2.16. The van der Waals surface area contributed by atoms with Crippen molar-refractivity contribution in [2.45, 2.75) is 52.6 Å². The Kier molecular flexibility index (Phi) is 4.28. The van der Waals surface area contributed by atoms with Gasteiger partial charge < -0.3 is 5.32 Å². The number of aromatic nitrogens is 1. The molecule has 2 unspecified atom stereocenters. The molecule has 2 atom stereocenters. The molecule has 0 spiro atoms. The predicted molar refractivity (Wildman–Crippen MR) is 65.1 cm³/mol. The fourth-order valence-electron chi connectivity index (χ4n) is 1.89. The van der Waals surface area contributed by atoms with Crippen molar-refractivity contribution in [3.8, 4) is 0 Å². The molecule has 0 aliphatic carbocycles. The van der Waals surface area contributed by atoms with Crippen molar-refractivity contribution >= 4 is 0 Å². The zero-order valence-electron chi connectivity index (χ0n) is 10.4. The Morgan fingerprint density at radius 2 is 1.87 bits per heavy atom. The minimum atomic E-state index is 0.480. The fraction of sp³-hybridized carbons (Fsp3) is 0.615. The van der Waals surface area contributed by atoms with Crippen LogP contribution in [0.5, 0.6) is 0 Å². The molecule has 0 aromatic carbocycles. The predicted octanol–water partition coefficient (Wildman–Crippen LogP) is 2.88. The fourth-order valence-corrected chi connectivity index (χ4v) is 1.89. The van der Waals surface area contributed by atoms with Crippen LogP contribution in [0, 0.1) is 6.92 Å². The van der Waals surface area contributed by atoms with Gasteiger partial charge in [-0.25, -0.2) is 0 Å². The lowest BCUT2D eigenvalue weighted by Crippen LogP contribution is -2.36. The van der Waals surface area contributed by atoms with E-state index in [-0.39, 0.29) is 0 Å². The highest BCUT2D eigenvalue weighted by atomic mass is 14.9. The number of hydrogen-bond donors (Lipinski definition) is 1. The molecule has 0 amide bonds. The lowest BCUT2D eigenvalue weighted by molar-refractivity contribution is 0.438. The monoisotopic (exact) mass is 206 g/mol. The van der Waals surface area contributed by atoms with Crippen molar-refractivity contribution < 1.29 is 0 Å². The van der Waals surface area contributed by atoms with Crippen LogP contribution in [-0.2, 0) is 0 Å². The number of nitrogens with zero attached hydrogens (tertiary/aromatic N) is 1. The molecule has 0 fully saturated rings. The summed E-state index contributed by atoms with van der Waals surface area (Å²) in [7, 11) is 0. The van der Waals surface area contributed by atoms with Gasteiger partial charge in [0.2, 0.25) is 0 Å². The number of aryl methyl sites for hydroxylation is 1. The van der Waals surface area contributed by atoms with E-state index in [1.807, 2.05) is 12.4 Å². The van der Waals surface area contributed by atoms with Gasteiger partial charge >= 0.3 is 0 Å². The second-order valence-corrected chi connectivity index (χ2v) is 4.63. The van der Waals surface area contributed by atoms with Crippen LogP contribution in [0.15, 0.2) is 18.5 Å². The first kappa shape index (κ1) is 12.2. The van der Waals surface area contributed by atoms with Crippen molar-refractivity contribution in [3.05, 3.63) is 29.6 Å². The Bertz CT molecular complexity index is 307. The molecule has 1 aromatic rings. The smallest absolute Gasteiger partial charge is 0.0305 e. The Hall–Kier alpha value is -0.890. The van der Waals surface area contributed by atoms with E-state index in [9.17, 15) is 0 Å². The van der Waals surface area contributed by atoms with Gasteiger partial charge in [-0.2, -0.15) is 0 Å². The first-order chi connectivity index (χ1) is 7.02. The Morgan fingerprint density at radius 3 is 2.40 bits per heavy atom. The summed E-state index contributed by atoms with van der Waals surface area (Å²) in [4.78, 5) is 4.20. The molecular weight excluding hydrogens is 184 g/mol. The zero-order chi connectivity index (χ0) is 11.4. The van der Waals surface area contributed by atoms with Gasteiger partial charge in [0.1, 0.15) is 0 Å². The molecule has 15 heavy (non-hydrogen) atoms. The molecule has 84 valence electrons. The van der Waals surface area contributed by atoms with Crippen molar-refractivity contribution in [3.63, 3.8) is 0 Å². The van der Waals surface area contributed by atoms with Gasteiger partial charge in [-0.15, -0.1) is 0 Å². The van der Waals surface area contributed by atoms with Crippen molar-refractivity contribution in [1.29, 1.82) is 0 Å². The summed E-state index contributed by atoms with van der Waals surface area (Å²) in [5, 5.41) is 3.54. The lowest BCUT2D eigenvalue weighted by atomic mass is 9.92. The quantitative estimate of drug-likeness (QED) is 0.819. The number of pyridine rings is 1. The third kappa shape index (κ3) is 3.31. The largest absolute Gasteiger partial charge is 0.311 e. The van der Waals surface area contributed by atoms with E-state index in [4.69, 9.17) is 0 Å². The standard InChI is InChI=1S/C13H22N2/c1-9(2)15-12(5)11(4)13-8-14-7-6-10(13)3/h6-9,11-12,15H,1-5H3. The van der Waals surface area contributed by atoms with E-state index < -0.39 is 0 Å². The van der Waals surface area contributed by atoms with Crippen LogP contribution in [0.4, 0.5) is 0 Å². The van der Waals surface area contributed by atoms with E-state index in [2.05, 4.69) is 51.0 Å². The summed E-state index contributed by atoms with van der Waals surface area (Å²) < 4.78 is 0. The van der Waals surface area contributed by atoms with Crippen LogP contribution >= 0.6 is 0 Å². The molecule has 0 aliphatic heterocycles. The number of rotatable bonds is 4. The highest BCUT2D eigenvalue weighted by molar-refractivity contribution is 5.26. The average Bonchev–Trinajstić information content (AvgIpc) is 2.16. The SMILES string of the molecule is Cc1ccncc1C(C)C(C)NC(C)C. The van der Waals surface area contributed by atoms with Gasteiger partial charge in [0.05, 0.1) is 0 Å². The molecule has 0 saturated heterocycles. The summed E-state index contributed by atoms with van der Waals surface area (Å²) in [5.74, 6) is 0.501. The summed E-state index contributed by atoms with van der Waals surface area (Å²) in [6.45, 7) is 11.0. The molecule has 1 aromatic heterocycles. The van der Waals surface area contributed by atoms with Gasteiger partial charge in [-0.1, -0.05) is 20.8 Å². The maximum atomic E-state index is 4.20. The van der Waals surface area contributed by atoms with Crippen LogP contribution in [0.3, 0.4) is 0 Å². The molecule has 0 radical (unpaired) electrons. The summed E-state index contributed by atoms with van der Waals surface area (Å²) in [6.07, 6.45) is 3.84. The van der Waals surface area contributed by atoms with Crippen LogP contribution in [0.2, 0.25) is 0 Å². The van der Waals surface area contributed by atoms with Crippen LogP contribution in [0.1, 0.15) is 44.7 Å². The van der Waals surface area contributed by atoms with Gasteiger partial charge in [-0.05, 0) is 37.0 Å².